The van der Waals surface area contributed by atoms with Crippen molar-refractivity contribution in [2.24, 2.45) is 0 Å². The number of hydrogen-bond acceptors (Lipinski definition) is 5. The minimum absolute atomic E-state index is 0.128. The molecule has 0 spiro atoms. The minimum atomic E-state index is -4.73. The Morgan fingerprint density at radius 1 is 1.10 bits per heavy atom. The van der Waals surface area contributed by atoms with Crippen LogP contribution in [0.4, 0.5) is 24.5 Å². The summed E-state index contributed by atoms with van der Waals surface area (Å²) in [6.45, 7) is 0.807. The number of methoxy groups -OCH3 is 1. The van der Waals surface area contributed by atoms with Crippen molar-refractivity contribution in [3.63, 3.8) is 0 Å². The maximum atomic E-state index is 13.4. The number of nitro groups is 1. The molecule has 2 aromatic carbocycles. The van der Waals surface area contributed by atoms with E-state index in [4.69, 9.17) is 4.74 Å². The Morgan fingerprint density at radius 3 is 2.38 bits per heavy atom. The van der Waals surface area contributed by atoms with Crippen LogP contribution < -0.4 is 9.64 Å². The van der Waals surface area contributed by atoms with Crippen molar-refractivity contribution >= 4 is 17.3 Å². The molecule has 0 bridgehead atoms. The zero-order valence-corrected chi connectivity index (χ0v) is 15.5. The lowest BCUT2D eigenvalue weighted by Gasteiger charge is -2.37. The smallest absolute Gasteiger partial charge is 0.418 e. The summed E-state index contributed by atoms with van der Waals surface area (Å²) in [5.74, 6) is 0.304. The molecule has 154 valence electrons. The predicted octanol–water partition coefficient (Wildman–Crippen LogP) is 3.58. The molecule has 1 aliphatic rings. The number of hydrogen-bond donors (Lipinski definition) is 0. The Morgan fingerprint density at radius 2 is 1.79 bits per heavy atom. The van der Waals surface area contributed by atoms with Crippen LogP contribution in [0.15, 0.2) is 42.5 Å². The fraction of sp³-hybridized carbons (Fsp3) is 0.316. The number of carbonyl (C=O) groups is 1. The van der Waals surface area contributed by atoms with Gasteiger partial charge in [0.1, 0.15) is 5.75 Å². The summed E-state index contributed by atoms with van der Waals surface area (Å²) in [6.07, 6.45) is -4.73. The van der Waals surface area contributed by atoms with Gasteiger partial charge >= 0.3 is 6.18 Å². The molecule has 1 saturated heterocycles. The number of anilines is 1. The quantitative estimate of drug-likeness (QED) is 0.570. The van der Waals surface area contributed by atoms with Gasteiger partial charge in [-0.1, -0.05) is 6.07 Å². The van der Waals surface area contributed by atoms with E-state index in [1.54, 1.807) is 29.2 Å². The molecule has 1 fully saturated rings. The average molecular weight is 409 g/mol. The number of halogens is 3. The van der Waals surface area contributed by atoms with Crippen molar-refractivity contribution in [2.45, 2.75) is 6.18 Å². The number of nitrogens with zero attached hydrogens (tertiary/aromatic N) is 3. The van der Waals surface area contributed by atoms with Crippen LogP contribution in [0.1, 0.15) is 15.9 Å². The molecule has 0 radical (unpaired) electrons. The van der Waals surface area contributed by atoms with Crippen molar-refractivity contribution in [1.82, 2.24) is 4.90 Å². The Kier molecular flexibility index (Phi) is 5.62. The van der Waals surface area contributed by atoms with E-state index < -0.39 is 22.4 Å². The molecule has 29 heavy (non-hydrogen) atoms. The first kappa shape index (κ1) is 20.4. The van der Waals surface area contributed by atoms with Gasteiger partial charge in [-0.05, 0) is 24.3 Å². The summed E-state index contributed by atoms with van der Waals surface area (Å²) >= 11 is 0. The van der Waals surface area contributed by atoms with Gasteiger partial charge in [-0.15, -0.1) is 0 Å². The van der Waals surface area contributed by atoms with E-state index in [0.717, 1.165) is 12.1 Å². The Bertz CT molecular complexity index is 925. The van der Waals surface area contributed by atoms with Crippen molar-refractivity contribution < 1.29 is 27.6 Å². The van der Waals surface area contributed by atoms with Crippen LogP contribution in [-0.4, -0.2) is 49.0 Å². The van der Waals surface area contributed by atoms with Gasteiger partial charge in [-0.2, -0.15) is 13.2 Å². The van der Waals surface area contributed by atoms with E-state index in [1.807, 2.05) is 0 Å². The summed E-state index contributed by atoms with van der Waals surface area (Å²) in [4.78, 5) is 25.7. The highest BCUT2D eigenvalue weighted by Crippen LogP contribution is 2.39. The number of alkyl halides is 3. The molecule has 3 rings (SSSR count). The summed E-state index contributed by atoms with van der Waals surface area (Å²) in [5.41, 5.74) is -1.37. The largest absolute Gasteiger partial charge is 0.497 e. The first-order chi connectivity index (χ1) is 13.7. The van der Waals surface area contributed by atoms with Gasteiger partial charge in [0.05, 0.1) is 17.6 Å². The van der Waals surface area contributed by atoms with Crippen LogP contribution in [0.5, 0.6) is 5.75 Å². The van der Waals surface area contributed by atoms with Crippen molar-refractivity contribution in [3.8, 4) is 5.75 Å². The number of benzene rings is 2. The number of amides is 1. The fourth-order valence-electron chi connectivity index (χ4n) is 3.23. The van der Waals surface area contributed by atoms with Crippen LogP contribution in [0.25, 0.3) is 0 Å². The number of nitro benzene ring substituents is 1. The molecule has 10 heteroatoms. The monoisotopic (exact) mass is 409 g/mol. The third kappa shape index (κ3) is 4.41. The van der Waals surface area contributed by atoms with E-state index in [9.17, 15) is 28.1 Å². The molecule has 0 atom stereocenters. The second-order valence-electron chi connectivity index (χ2n) is 6.47. The number of piperazine rings is 1. The highest BCUT2D eigenvalue weighted by atomic mass is 19.4. The molecule has 2 aromatic rings. The first-order valence-corrected chi connectivity index (χ1v) is 8.74. The summed E-state index contributed by atoms with van der Waals surface area (Å²) in [5, 5.41) is 10.8. The molecule has 0 aliphatic carbocycles. The van der Waals surface area contributed by atoms with Crippen LogP contribution in [0, 0.1) is 10.1 Å². The van der Waals surface area contributed by atoms with Gasteiger partial charge in [-0.3, -0.25) is 14.9 Å². The van der Waals surface area contributed by atoms with E-state index in [-0.39, 0.29) is 37.8 Å². The molecule has 1 aliphatic heterocycles. The fourth-order valence-corrected chi connectivity index (χ4v) is 3.23. The molecule has 1 amide bonds. The van der Waals surface area contributed by atoms with Crippen LogP contribution in [0.2, 0.25) is 0 Å². The lowest BCUT2D eigenvalue weighted by molar-refractivity contribution is -0.385. The molecule has 0 aromatic heterocycles. The maximum absolute atomic E-state index is 13.4. The van der Waals surface area contributed by atoms with Crippen molar-refractivity contribution in [1.29, 1.82) is 0 Å². The van der Waals surface area contributed by atoms with E-state index in [1.165, 1.54) is 12.0 Å². The molecule has 7 nitrogen and oxygen atoms in total. The van der Waals surface area contributed by atoms with E-state index in [2.05, 4.69) is 0 Å². The third-order valence-electron chi connectivity index (χ3n) is 4.72. The van der Waals surface area contributed by atoms with Crippen molar-refractivity contribution in [2.75, 3.05) is 38.2 Å². The molecular formula is C19H18F3N3O4. The van der Waals surface area contributed by atoms with Gasteiger partial charge in [0, 0.05) is 49.6 Å². The lowest BCUT2D eigenvalue weighted by atomic mass is 10.1. The first-order valence-electron chi connectivity index (χ1n) is 8.74. The maximum Gasteiger partial charge on any atom is 0.418 e. The SMILES string of the molecule is COc1cccc(C(=O)N2CCN(c3ccc([N+](=O)[O-])cc3C(F)(F)F)CC2)c1. The van der Waals surface area contributed by atoms with Crippen LogP contribution in [0.3, 0.4) is 0 Å². The number of rotatable bonds is 4. The zero-order chi connectivity index (χ0) is 21.2. The summed E-state index contributed by atoms with van der Waals surface area (Å²) < 4.78 is 45.4. The highest BCUT2D eigenvalue weighted by Gasteiger charge is 2.37. The van der Waals surface area contributed by atoms with Gasteiger partial charge in [0.2, 0.25) is 0 Å². The number of ether oxygens (including phenoxy) is 1. The molecule has 1 heterocycles. The van der Waals surface area contributed by atoms with Gasteiger partial charge in [0.15, 0.2) is 0 Å². The standard InChI is InChI=1S/C19H18F3N3O4/c1-29-15-4-2-3-13(11-15)18(26)24-9-7-23(8-10-24)17-6-5-14(25(27)28)12-16(17)19(20,21)22/h2-6,11-12H,7-10H2,1H3. The Labute approximate surface area is 164 Å². The summed E-state index contributed by atoms with van der Waals surface area (Å²) in [7, 11) is 1.49. The summed E-state index contributed by atoms with van der Waals surface area (Å²) in [6, 6.07) is 9.36. The second kappa shape index (κ2) is 7.98. The number of non-ortho nitro benzene ring substituents is 1. The third-order valence-corrected chi connectivity index (χ3v) is 4.72. The minimum Gasteiger partial charge on any atom is -0.497 e. The van der Waals surface area contributed by atoms with E-state index in [0.29, 0.717) is 17.4 Å². The Hall–Kier alpha value is -3.30. The van der Waals surface area contributed by atoms with Crippen LogP contribution in [-0.2, 0) is 6.18 Å². The zero-order valence-electron chi connectivity index (χ0n) is 15.5. The molecule has 0 unspecified atom stereocenters. The second-order valence-corrected chi connectivity index (χ2v) is 6.47. The van der Waals surface area contributed by atoms with Gasteiger partial charge < -0.3 is 14.5 Å². The number of carbonyl (C=O) groups excluding carboxylic acids is 1. The van der Waals surface area contributed by atoms with Crippen molar-refractivity contribution in [3.05, 3.63) is 63.7 Å². The highest BCUT2D eigenvalue weighted by molar-refractivity contribution is 5.94. The molecular weight excluding hydrogens is 391 g/mol. The van der Waals surface area contributed by atoms with E-state index >= 15 is 0 Å². The van der Waals surface area contributed by atoms with Crippen LogP contribution >= 0.6 is 0 Å². The van der Waals surface area contributed by atoms with Gasteiger partial charge in [-0.25, -0.2) is 0 Å². The average Bonchev–Trinajstić information content (AvgIpc) is 2.72. The molecule has 0 saturated carbocycles. The normalized spacial score (nSPS) is 14.6. The van der Waals surface area contributed by atoms with Gasteiger partial charge in [0.25, 0.3) is 11.6 Å². The lowest BCUT2D eigenvalue weighted by Crippen LogP contribution is -2.49. The molecule has 0 N–H and O–H groups in total. The Balaban J connectivity index is 1.77. The topological polar surface area (TPSA) is 75.9 Å². The predicted molar refractivity (Wildman–Crippen MR) is 99.2 cm³/mol.